The second kappa shape index (κ2) is 9.00. The molecule has 0 unspecified atom stereocenters. The molecule has 0 aliphatic rings. The molecule has 4 aromatic rings. The van der Waals surface area contributed by atoms with Crippen molar-refractivity contribution in [2.45, 2.75) is 26.8 Å². The van der Waals surface area contributed by atoms with E-state index in [1.165, 1.54) is 11.1 Å². The largest absolute Gasteiger partial charge is 0.352 e. The Balaban J connectivity index is 1.58. The lowest BCUT2D eigenvalue weighted by Gasteiger charge is -2.07. The summed E-state index contributed by atoms with van der Waals surface area (Å²) in [5.41, 5.74) is 6.88. The number of benzene rings is 2. The van der Waals surface area contributed by atoms with Crippen LogP contribution in [-0.4, -0.2) is 32.0 Å². The Bertz CT molecular complexity index is 1190. The fraction of sp³-hybridized carbons (Fsp3) is 0.240. The van der Waals surface area contributed by atoms with Gasteiger partial charge in [-0.25, -0.2) is 0 Å². The van der Waals surface area contributed by atoms with Crippen LogP contribution in [0.2, 0.25) is 0 Å². The van der Waals surface area contributed by atoms with Gasteiger partial charge in [0.15, 0.2) is 0 Å². The van der Waals surface area contributed by atoms with E-state index in [4.69, 9.17) is 5.10 Å². The van der Waals surface area contributed by atoms with Crippen molar-refractivity contribution in [1.29, 1.82) is 0 Å². The number of rotatable bonds is 7. The number of aromatic nitrogens is 4. The van der Waals surface area contributed by atoms with Crippen LogP contribution in [0.5, 0.6) is 0 Å². The predicted molar refractivity (Wildman–Crippen MR) is 122 cm³/mol. The Morgan fingerprint density at radius 2 is 1.81 bits per heavy atom. The highest BCUT2D eigenvalue weighted by atomic mass is 16.1. The van der Waals surface area contributed by atoms with Crippen LogP contribution < -0.4 is 5.32 Å². The molecule has 158 valence electrons. The molecule has 0 atom stereocenters. The van der Waals surface area contributed by atoms with Gasteiger partial charge in [-0.3, -0.25) is 14.2 Å². The molecule has 4 rings (SSSR count). The number of carbonyl (C=O) groups is 1. The van der Waals surface area contributed by atoms with E-state index < -0.39 is 0 Å². The van der Waals surface area contributed by atoms with Gasteiger partial charge >= 0.3 is 0 Å². The van der Waals surface area contributed by atoms with Crippen molar-refractivity contribution in [2.75, 3.05) is 6.54 Å². The zero-order valence-corrected chi connectivity index (χ0v) is 18.2. The molecule has 1 amide bonds. The van der Waals surface area contributed by atoms with Crippen LogP contribution in [0.4, 0.5) is 0 Å². The van der Waals surface area contributed by atoms with E-state index >= 15 is 0 Å². The first-order valence-electron chi connectivity index (χ1n) is 10.4. The van der Waals surface area contributed by atoms with Crippen LogP contribution in [0, 0.1) is 13.8 Å². The van der Waals surface area contributed by atoms with E-state index in [0.717, 1.165) is 23.1 Å². The van der Waals surface area contributed by atoms with Gasteiger partial charge in [0.25, 0.3) is 5.91 Å². The van der Waals surface area contributed by atoms with E-state index in [0.29, 0.717) is 24.3 Å². The fourth-order valence-corrected chi connectivity index (χ4v) is 3.56. The highest BCUT2D eigenvalue weighted by Gasteiger charge is 2.18. The number of hydrogen-bond donors (Lipinski definition) is 1. The summed E-state index contributed by atoms with van der Waals surface area (Å²) in [4.78, 5) is 13.1. The first kappa shape index (κ1) is 20.6. The monoisotopic (exact) mass is 413 g/mol. The van der Waals surface area contributed by atoms with Crippen molar-refractivity contribution >= 4 is 5.91 Å². The molecule has 2 aromatic carbocycles. The highest BCUT2D eigenvalue weighted by molar-refractivity contribution is 5.99. The molecular weight excluding hydrogens is 386 g/mol. The standard InChI is InChI=1S/C25H27N5O/c1-18-9-10-22(13-19(18)2)24-23(17-30(28-24)16-20-7-5-4-6-8-20)25(31)26-12-11-21-14-27-29(3)15-21/h4-10,13-15,17H,11-12,16H2,1-3H3,(H,26,31). The second-order valence-electron chi connectivity index (χ2n) is 7.90. The maximum atomic E-state index is 13.1. The van der Waals surface area contributed by atoms with Crippen molar-refractivity contribution in [3.63, 3.8) is 0 Å². The normalized spacial score (nSPS) is 10.9. The summed E-state index contributed by atoms with van der Waals surface area (Å²) in [6, 6.07) is 16.3. The molecule has 0 bridgehead atoms. The van der Waals surface area contributed by atoms with Gasteiger partial charge in [0.1, 0.15) is 5.69 Å². The Kier molecular flexibility index (Phi) is 5.98. The quantitative estimate of drug-likeness (QED) is 0.499. The maximum Gasteiger partial charge on any atom is 0.255 e. The topological polar surface area (TPSA) is 64.7 Å². The first-order chi connectivity index (χ1) is 15.0. The Morgan fingerprint density at radius 1 is 1.00 bits per heavy atom. The van der Waals surface area contributed by atoms with Gasteiger partial charge in [-0.1, -0.05) is 42.5 Å². The molecule has 2 heterocycles. The number of amides is 1. The molecule has 0 saturated heterocycles. The van der Waals surface area contributed by atoms with Crippen molar-refractivity contribution in [3.05, 3.63) is 94.9 Å². The van der Waals surface area contributed by atoms with Crippen molar-refractivity contribution in [2.24, 2.45) is 7.05 Å². The van der Waals surface area contributed by atoms with Crippen LogP contribution >= 0.6 is 0 Å². The van der Waals surface area contributed by atoms with Gasteiger partial charge in [-0.15, -0.1) is 0 Å². The summed E-state index contributed by atoms with van der Waals surface area (Å²) >= 11 is 0. The van der Waals surface area contributed by atoms with Gasteiger partial charge in [-0.2, -0.15) is 10.2 Å². The number of aryl methyl sites for hydroxylation is 3. The van der Waals surface area contributed by atoms with E-state index in [1.54, 1.807) is 4.68 Å². The fourth-order valence-electron chi connectivity index (χ4n) is 3.56. The van der Waals surface area contributed by atoms with E-state index in [1.807, 2.05) is 54.6 Å². The lowest BCUT2D eigenvalue weighted by atomic mass is 10.0. The van der Waals surface area contributed by atoms with Crippen molar-refractivity contribution in [3.8, 4) is 11.3 Å². The number of nitrogens with one attached hydrogen (secondary N) is 1. The van der Waals surface area contributed by atoms with Gasteiger partial charge < -0.3 is 5.32 Å². The van der Waals surface area contributed by atoms with Gasteiger partial charge in [0.2, 0.25) is 0 Å². The second-order valence-corrected chi connectivity index (χ2v) is 7.90. The van der Waals surface area contributed by atoms with Crippen LogP contribution in [0.3, 0.4) is 0 Å². The summed E-state index contributed by atoms with van der Waals surface area (Å²) in [6.45, 7) is 5.31. The molecular formula is C25H27N5O. The molecule has 0 spiro atoms. The van der Waals surface area contributed by atoms with Crippen molar-refractivity contribution in [1.82, 2.24) is 24.9 Å². The van der Waals surface area contributed by atoms with Gasteiger partial charge in [-0.05, 0) is 48.6 Å². The lowest BCUT2D eigenvalue weighted by Crippen LogP contribution is -2.25. The van der Waals surface area contributed by atoms with Crippen LogP contribution in [0.1, 0.15) is 32.6 Å². The van der Waals surface area contributed by atoms with Crippen LogP contribution in [0.15, 0.2) is 67.1 Å². The third kappa shape index (κ3) is 4.91. The minimum Gasteiger partial charge on any atom is -0.352 e. The smallest absolute Gasteiger partial charge is 0.255 e. The molecule has 31 heavy (non-hydrogen) atoms. The van der Waals surface area contributed by atoms with E-state index in [9.17, 15) is 4.79 Å². The summed E-state index contributed by atoms with van der Waals surface area (Å²) < 4.78 is 3.61. The summed E-state index contributed by atoms with van der Waals surface area (Å²) in [5, 5.41) is 12.0. The molecule has 0 aliphatic heterocycles. The molecule has 0 radical (unpaired) electrons. The maximum absolute atomic E-state index is 13.1. The average molecular weight is 414 g/mol. The Labute approximate surface area is 182 Å². The highest BCUT2D eigenvalue weighted by Crippen LogP contribution is 2.25. The Morgan fingerprint density at radius 3 is 2.52 bits per heavy atom. The van der Waals surface area contributed by atoms with Gasteiger partial charge in [0, 0.05) is 31.5 Å². The molecule has 1 N–H and O–H groups in total. The Hall–Kier alpha value is -3.67. The van der Waals surface area contributed by atoms with E-state index in [2.05, 4.69) is 48.5 Å². The molecule has 2 aromatic heterocycles. The average Bonchev–Trinajstić information content (AvgIpc) is 3.37. The summed E-state index contributed by atoms with van der Waals surface area (Å²) in [7, 11) is 1.89. The molecule has 0 fully saturated rings. The third-order valence-electron chi connectivity index (χ3n) is 5.43. The van der Waals surface area contributed by atoms with Crippen LogP contribution in [0.25, 0.3) is 11.3 Å². The molecule has 6 nitrogen and oxygen atoms in total. The van der Waals surface area contributed by atoms with E-state index in [-0.39, 0.29) is 5.91 Å². The molecule has 0 saturated carbocycles. The minimum absolute atomic E-state index is 0.114. The summed E-state index contributed by atoms with van der Waals surface area (Å²) in [5.74, 6) is -0.114. The minimum atomic E-state index is -0.114. The number of carbonyl (C=O) groups excluding carboxylic acids is 1. The zero-order chi connectivity index (χ0) is 21.8. The number of nitrogens with zero attached hydrogens (tertiary/aromatic N) is 4. The number of hydrogen-bond acceptors (Lipinski definition) is 3. The molecule has 6 heteroatoms. The predicted octanol–water partition coefficient (Wildman–Crippen LogP) is 3.92. The third-order valence-corrected chi connectivity index (χ3v) is 5.43. The first-order valence-corrected chi connectivity index (χ1v) is 10.4. The lowest BCUT2D eigenvalue weighted by molar-refractivity contribution is 0.0954. The summed E-state index contributed by atoms with van der Waals surface area (Å²) in [6.07, 6.45) is 6.36. The molecule has 0 aliphatic carbocycles. The van der Waals surface area contributed by atoms with Gasteiger partial charge in [0.05, 0.1) is 18.3 Å². The van der Waals surface area contributed by atoms with Crippen LogP contribution in [-0.2, 0) is 20.0 Å². The van der Waals surface area contributed by atoms with Crippen molar-refractivity contribution < 1.29 is 4.79 Å². The zero-order valence-electron chi connectivity index (χ0n) is 18.2. The SMILES string of the molecule is Cc1ccc(-c2nn(Cc3ccccc3)cc2C(=O)NCCc2cnn(C)c2)cc1C.